The third-order valence-corrected chi connectivity index (χ3v) is 6.49. The van der Waals surface area contributed by atoms with E-state index >= 15 is 0 Å². The standard InChI is InChI=1S/C38H62O4/c1-3-5-7-9-11-13-15-17-19-21-23-25-27-29-31-33-38(40)42-37(35-39)36-41-34-32-30-28-26-24-22-20-18-16-14-12-10-8-6-4-2/h5,7,10-13,16-19,23,25,29,31,37,39H,3-4,6,8-9,14-15,20-22,24,26-28,30,32-36H2,1-2H3/b7-5-,12-10-,13-11-,18-16-,19-17-,25-23-,31-29-. The molecule has 1 atom stereocenters. The van der Waals surface area contributed by atoms with Crippen LogP contribution in [-0.2, 0) is 14.3 Å². The SMILES string of the molecule is CC/C=C\C/C=C\C/C=C\C/C=C\C/C=C\CC(=O)OC(CO)COCCCCCCCC/C=C\C/C=C\CCCC. The normalized spacial score (nSPS) is 13.5. The Kier molecular flexibility index (Phi) is 32.8. The fourth-order valence-corrected chi connectivity index (χ4v) is 4.01. The first-order chi connectivity index (χ1) is 20.7. The van der Waals surface area contributed by atoms with Crippen LogP contribution < -0.4 is 0 Å². The Balaban J connectivity index is 3.66. The minimum atomic E-state index is -0.597. The fourth-order valence-electron chi connectivity index (χ4n) is 4.01. The van der Waals surface area contributed by atoms with Gasteiger partial charge in [0.25, 0.3) is 0 Å². The molecule has 0 aromatic heterocycles. The fraction of sp³-hybridized carbons (Fsp3) is 0.605. The highest BCUT2D eigenvalue weighted by atomic mass is 16.6. The highest BCUT2D eigenvalue weighted by Gasteiger charge is 2.12. The summed E-state index contributed by atoms with van der Waals surface area (Å²) in [5, 5.41) is 9.51. The first-order valence-electron chi connectivity index (χ1n) is 16.7. The summed E-state index contributed by atoms with van der Waals surface area (Å²) >= 11 is 0. The van der Waals surface area contributed by atoms with Gasteiger partial charge in [-0.25, -0.2) is 0 Å². The maximum absolute atomic E-state index is 12.0. The van der Waals surface area contributed by atoms with E-state index in [2.05, 4.69) is 86.8 Å². The van der Waals surface area contributed by atoms with Crippen LogP contribution in [0.3, 0.4) is 0 Å². The lowest BCUT2D eigenvalue weighted by atomic mass is 10.1. The van der Waals surface area contributed by atoms with Gasteiger partial charge < -0.3 is 14.6 Å². The van der Waals surface area contributed by atoms with Gasteiger partial charge >= 0.3 is 5.97 Å². The molecule has 0 aromatic rings. The minimum absolute atomic E-state index is 0.204. The quantitative estimate of drug-likeness (QED) is 0.0541. The second-order valence-electron chi connectivity index (χ2n) is 10.5. The van der Waals surface area contributed by atoms with Gasteiger partial charge in [-0.3, -0.25) is 4.79 Å². The number of carbonyl (C=O) groups excluding carboxylic acids is 1. The number of rotatable bonds is 29. The van der Waals surface area contributed by atoms with Crippen LogP contribution in [0.25, 0.3) is 0 Å². The largest absolute Gasteiger partial charge is 0.457 e. The third kappa shape index (κ3) is 32.1. The Labute approximate surface area is 259 Å². The maximum Gasteiger partial charge on any atom is 0.310 e. The maximum atomic E-state index is 12.0. The number of allylic oxidation sites excluding steroid dienone is 13. The molecule has 0 rings (SSSR count). The molecule has 42 heavy (non-hydrogen) atoms. The molecule has 0 fully saturated rings. The van der Waals surface area contributed by atoms with Crippen molar-refractivity contribution in [1.29, 1.82) is 0 Å². The van der Waals surface area contributed by atoms with Crippen LogP contribution in [0.2, 0.25) is 0 Å². The van der Waals surface area contributed by atoms with Crippen molar-refractivity contribution in [2.45, 2.75) is 129 Å². The molecular formula is C38H62O4. The van der Waals surface area contributed by atoms with Crippen molar-refractivity contribution in [3.8, 4) is 0 Å². The van der Waals surface area contributed by atoms with Crippen molar-refractivity contribution in [2.24, 2.45) is 0 Å². The van der Waals surface area contributed by atoms with E-state index < -0.39 is 6.10 Å². The molecule has 0 aliphatic heterocycles. The Morgan fingerprint density at radius 3 is 1.62 bits per heavy atom. The second-order valence-corrected chi connectivity index (χ2v) is 10.5. The number of aliphatic hydroxyl groups excluding tert-OH is 1. The van der Waals surface area contributed by atoms with E-state index in [0.717, 1.165) is 51.4 Å². The monoisotopic (exact) mass is 582 g/mol. The highest BCUT2D eigenvalue weighted by Crippen LogP contribution is 2.09. The molecule has 0 saturated carbocycles. The average molecular weight is 583 g/mol. The molecule has 0 heterocycles. The van der Waals surface area contributed by atoms with Crippen LogP contribution in [0.5, 0.6) is 0 Å². The molecule has 0 spiro atoms. The summed E-state index contributed by atoms with van der Waals surface area (Å²) < 4.78 is 11.0. The summed E-state index contributed by atoms with van der Waals surface area (Å²) in [5.41, 5.74) is 0. The number of ether oxygens (including phenoxy) is 2. The summed E-state index contributed by atoms with van der Waals surface area (Å²) in [5.74, 6) is -0.336. The minimum Gasteiger partial charge on any atom is -0.457 e. The lowest BCUT2D eigenvalue weighted by Gasteiger charge is -2.15. The Hall–Kier alpha value is -2.43. The number of esters is 1. The second kappa shape index (κ2) is 34.8. The van der Waals surface area contributed by atoms with Gasteiger partial charge in [0.2, 0.25) is 0 Å². The Morgan fingerprint density at radius 2 is 1.07 bits per heavy atom. The van der Waals surface area contributed by atoms with E-state index in [9.17, 15) is 9.90 Å². The van der Waals surface area contributed by atoms with Crippen LogP contribution in [0.15, 0.2) is 85.1 Å². The zero-order valence-corrected chi connectivity index (χ0v) is 27.0. The zero-order chi connectivity index (χ0) is 30.6. The smallest absolute Gasteiger partial charge is 0.310 e. The molecule has 0 radical (unpaired) electrons. The number of unbranched alkanes of at least 4 members (excludes halogenated alkanes) is 8. The molecule has 0 aliphatic carbocycles. The lowest BCUT2D eigenvalue weighted by Crippen LogP contribution is -2.27. The van der Waals surface area contributed by atoms with Gasteiger partial charge in [0.15, 0.2) is 0 Å². The molecule has 0 amide bonds. The van der Waals surface area contributed by atoms with Gasteiger partial charge in [-0.05, 0) is 64.2 Å². The van der Waals surface area contributed by atoms with E-state index in [0.29, 0.717) is 6.61 Å². The molecule has 4 nitrogen and oxygen atoms in total. The topological polar surface area (TPSA) is 55.8 Å². The van der Waals surface area contributed by atoms with E-state index in [1.807, 2.05) is 12.2 Å². The van der Waals surface area contributed by atoms with Crippen molar-refractivity contribution in [2.75, 3.05) is 19.8 Å². The number of carbonyl (C=O) groups is 1. The number of hydrogen-bond acceptors (Lipinski definition) is 4. The summed E-state index contributed by atoms with van der Waals surface area (Å²) in [6.07, 6.45) is 47.8. The molecule has 0 aromatic carbocycles. The molecule has 4 heteroatoms. The summed E-state index contributed by atoms with van der Waals surface area (Å²) in [4.78, 5) is 12.0. The van der Waals surface area contributed by atoms with Crippen molar-refractivity contribution < 1.29 is 19.4 Å². The summed E-state index contributed by atoms with van der Waals surface area (Å²) in [6.45, 7) is 5.03. The van der Waals surface area contributed by atoms with E-state index in [1.165, 1.54) is 51.4 Å². The van der Waals surface area contributed by atoms with Crippen LogP contribution >= 0.6 is 0 Å². The number of hydrogen-bond donors (Lipinski definition) is 1. The van der Waals surface area contributed by atoms with Gasteiger partial charge in [0, 0.05) is 6.61 Å². The molecule has 1 unspecified atom stereocenters. The number of aliphatic hydroxyl groups is 1. The first-order valence-corrected chi connectivity index (χ1v) is 16.7. The first kappa shape index (κ1) is 39.6. The highest BCUT2D eigenvalue weighted by molar-refractivity contribution is 5.71. The van der Waals surface area contributed by atoms with Gasteiger partial charge in [0.1, 0.15) is 6.10 Å². The Morgan fingerprint density at radius 1 is 0.595 bits per heavy atom. The predicted molar refractivity (Wildman–Crippen MR) is 182 cm³/mol. The van der Waals surface area contributed by atoms with Crippen molar-refractivity contribution in [3.05, 3.63) is 85.1 Å². The van der Waals surface area contributed by atoms with Crippen LogP contribution in [0, 0.1) is 0 Å². The summed E-state index contributed by atoms with van der Waals surface area (Å²) in [6, 6.07) is 0. The van der Waals surface area contributed by atoms with E-state index in [-0.39, 0.29) is 25.6 Å². The predicted octanol–water partition coefficient (Wildman–Crippen LogP) is 10.5. The average Bonchev–Trinajstić information content (AvgIpc) is 3.00. The molecule has 0 saturated heterocycles. The van der Waals surface area contributed by atoms with Crippen molar-refractivity contribution in [3.63, 3.8) is 0 Å². The van der Waals surface area contributed by atoms with Gasteiger partial charge in [-0.1, -0.05) is 137 Å². The van der Waals surface area contributed by atoms with Gasteiger partial charge in [0.05, 0.1) is 19.6 Å². The molecule has 0 aliphatic rings. The lowest BCUT2D eigenvalue weighted by molar-refractivity contribution is -0.153. The molecule has 238 valence electrons. The van der Waals surface area contributed by atoms with Crippen LogP contribution in [-0.4, -0.2) is 37.0 Å². The van der Waals surface area contributed by atoms with Crippen molar-refractivity contribution in [1.82, 2.24) is 0 Å². The summed E-state index contributed by atoms with van der Waals surface area (Å²) in [7, 11) is 0. The van der Waals surface area contributed by atoms with Crippen LogP contribution in [0.4, 0.5) is 0 Å². The van der Waals surface area contributed by atoms with Gasteiger partial charge in [-0.15, -0.1) is 0 Å². The van der Waals surface area contributed by atoms with E-state index in [1.54, 1.807) is 0 Å². The van der Waals surface area contributed by atoms with E-state index in [4.69, 9.17) is 9.47 Å². The zero-order valence-electron chi connectivity index (χ0n) is 27.0. The molecular weight excluding hydrogens is 520 g/mol. The van der Waals surface area contributed by atoms with Crippen molar-refractivity contribution >= 4 is 5.97 Å². The van der Waals surface area contributed by atoms with Crippen LogP contribution in [0.1, 0.15) is 123 Å². The third-order valence-electron chi connectivity index (χ3n) is 6.49. The molecule has 1 N–H and O–H groups in total. The van der Waals surface area contributed by atoms with Gasteiger partial charge in [-0.2, -0.15) is 0 Å². The Bertz CT molecular complexity index is 785. The molecule has 0 bridgehead atoms.